The number of aliphatic carboxylic acids is 1. The van der Waals surface area contributed by atoms with Crippen molar-refractivity contribution in [3.8, 4) is 0 Å². The Kier molecular flexibility index (Phi) is 4.56. The maximum absolute atomic E-state index is 11.0. The summed E-state index contributed by atoms with van der Waals surface area (Å²) >= 11 is 0. The van der Waals surface area contributed by atoms with Gasteiger partial charge in [-0.3, -0.25) is 10.1 Å². The van der Waals surface area contributed by atoms with Crippen LogP contribution in [0.5, 0.6) is 0 Å². The summed E-state index contributed by atoms with van der Waals surface area (Å²) in [6.45, 7) is 3.76. The van der Waals surface area contributed by atoms with E-state index in [2.05, 4.69) is 15.3 Å². The zero-order chi connectivity index (χ0) is 14.6. The number of carboxylic acid groups (broad SMARTS) is 1. The van der Waals surface area contributed by atoms with Crippen molar-refractivity contribution < 1.29 is 14.8 Å². The molecule has 0 aromatic carbocycles. The normalized spacial score (nSPS) is 12.2. The van der Waals surface area contributed by atoms with Crippen LogP contribution in [0.15, 0.2) is 6.20 Å². The second-order valence-electron chi connectivity index (χ2n) is 4.39. The zero-order valence-electron chi connectivity index (χ0n) is 10.5. The molecular weight excluding hydrogens is 254 g/mol. The summed E-state index contributed by atoms with van der Waals surface area (Å²) in [6.07, 6.45) is 1.31. The Bertz CT molecular complexity index is 491. The van der Waals surface area contributed by atoms with E-state index in [1.165, 1.54) is 0 Å². The maximum Gasteiger partial charge on any atom is 0.329 e. The lowest BCUT2D eigenvalue weighted by molar-refractivity contribution is -0.384. The van der Waals surface area contributed by atoms with Crippen LogP contribution < -0.4 is 11.1 Å². The summed E-state index contributed by atoms with van der Waals surface area (Å²) in [5, 5.41) is 22.2. The van der Waals surface area contributed by atoms with Gasteiger partial charge in [0.2, 0.25) is 11.8 Å². The van der Waals surface area contributed by atoms with Gasteiger partial charge in [0, 0.05) is 0 Å². The van der Waals surface area contributed by atoms with Crippen molar-refractivity contribution in [1.82, 2.24) is 9.97 Å². The lowest BCUT2D eigenvalue weighted by Crippen LogP contribution is -2.31. The molecular formula is C10H15N5O4. The van der Waals surface area contributed by atoms with Crippen LogP contribution in [-0.4, -0.2) is 32.0 Å². The molecule has 0 fully saturated rings. The summed E-state index contributed by atoms with van der Waals surface area (Å²) in [5.41, 5.74) is 4.98. The molecule has 0 amide bonds. The minimum atomic E-state index is -1.05. The van der Waals surface area contributed by atoms with E-state index < -0.39 is 22.6 Å². The minimum absolute atomic E-state index is 0.0452. The lowest BCUT2D eigenvalue weighted by atomic mass is 10.0. The Labute approximate surface area is 109 Å². The fourth-order valence-electron chi connectivity index (χ4n) is 1.45. The SMILES string of the molecule is CC(C)C[C@H](Nc1ncc([N+](=O)[O-])c(N)n1)C(=O)O. The first-order valence-corrected chi connectivity index (χ1v) is 5.57. The van der Waals surface area contributed by atoms with Crippen molar-refractivity contribution in [2.75, 3.05) is 11.1 Å². The van der Waals surface area contributed by atoms with E-state index in [9.17, 15) is 14.9 Å². The number of anilines is 2. The molecule has 0 unspecified atom stereocenters. The van der Waals surface area contributed by atoms with Gasteiger partial charge in [0.15, 0.2) is 0 Å². The van der Waals surface area contributed by atoms with Gasteiger partial charge < -0.3 is 16.2 Å². The highest BCUT2D eigenvalue weighted by molar-refractivity contribution is 5.76. The Hall–Kier alpha value is -2.45. The van der Waals surface area contributed by atoms with Gasteiger partial charge in [-0.25, -0.2) is 9.78 Å². The standard InChI is InChI=1S/C10H15N5O4/c1-5(2)3-6(9(16)17)13-10-12-4-7(15(18)19)8(11)14-10/h4-6H,3H2,1-2H3,(H,16,17)(H3,11,12,13,14)/t6-/m0/s1. The molecule has 0 saturated heterocycles. The van der Waals surface area contributed by atoms with Gasteiger partial charge in [0.05, 0.1) is 4.92 Å². The third kappa shape index (κ3) is 4.05. The van der Waals surface area contributed by atoms with Crippen LogP contribution in [0.1, 0.15) is 20.3 Å². The monoisotopic (exact) mass is 269 g/mol. The predicted molar refractivity (Wildman–Crippen MR) is 67.6 cm³/mol. The number of carboxylic acids is 1. The maximum atomic E-state index is 11.0. The number of nitro groups is 1. The molecule has 0 spiro atoms. The number of nitrogens with two attached hydrogens (primary N) is 1. The molecule has 0 aliphatic carbocycles. The molecule has 0 radical (unpaired) electrons. The van der Waals surface area contributed by atoms with Crippen LogP contribution in [0.4, 0.5) is 17.5 Å². The molecule has 1 atom stereocenters. The van der Waals surface area contributed by atoms with Gasteiger partial charge in [-0.1, -0.05) is 13.8 Å². The number of aromatic nitrogens is 2. The van der Waals surface area contributed by atoms with E-state index in [-0.39, 0.29) is 17.7 Å². The lowest BCUT2D eigenvalue weighted by Gasteiger charge is -2.16. The Morgan fingerprint density at radius 2 is 2.26 bits per heavy atom. The molecule has 0 aliphatic rings. The number of hydrogen-bond acceptors (Lipinski definition) is 7. The van der Waals surface area contributed by atoms with Crippen LogP contribution in [0, 0.1) is 16.0 Å². The zero-order valence-corrected chi connectivity index (χ0v) is 10.5. The highest BCUT2D eigenvalue weighted by Gasteiger charge is 2.21. The molecule has 9 nitrogen and oxygen atoms in total. The Balaban J connectivity index is 2.88. The molecule has 0 bridgehead atoms. The van der Waals surface area contributed by atoms with Crippen molar-refractivity contribution in [3.05, 3.63) is 16.3 Å². The first-order valence-electron chi connectivity index (χ1n) is 5.57. The van der Waals surface area contributed by atoms with Crippen molar-refractivity contribution in [3.63, 3.8) is 0 Å². The van der Waals surface area contributed by atoms with Crippen LogP contribution in [0.2, 0.25) is 0 Å². The number of nitrogens with zero attached hydrogens (tertiary/aromatic N) is 3. The van der Waals surface area contributed by atoms with Gasteiger partial charge in [-0.2, -0.15) is 4.98 Å². The molecule has 0 aliphatic heterocycles. The van der Waals surface area contributed by atoms with E-state index in [1.807, 2.05) is 13.8 Å². The van der Waals surface area contributed by atoms with E-state index >= 15 is 0 Å². The summed E-state index contributed by atoms with van der Waals surface area (Å²) in [7, 11) is 0. The third-order valence-electron chi connectivity index (χ3n) is 2.30. The van der Waals surface area contributed by atoms with E-state index in [0.717, 1.165) is 6.20 Å². The van der Waals surface area contributed by atoms with Crippen molar-refractivity contribution in [2.24, 2.45) is 5.92 Å². The minimum Gasteiger partial charge on any atom is -0.480 e. The average molecular weight is 269 g/mol. The molecule has 1 heterocycles. The van der Waals surface area contributed by atoms with Crippen molar-refractivity contribution >= 4 is 23.4 Å². The molecule has 104 valence electrons. The first-order chi connectivity index (χ1) is 8.81. The van der Waals surface area contributed by atoms with E-state index in [4.69, 9.17) is 10.8 Å². The molecule has 19 heavy (non-hydrogen) atoms. The predicted octanol–water partition coefficient (Wildman–Crippen LogP) is 0.878. The molecule has 1 aromatic heterocycles. The molecule has 1 aromatic rings. The largest absolute Gasteiger partial charge is 0.480 e. The number of rotatable bonds is 6. The Morgan fingerprint density at radius 1 is 1.63 bits per heavy atom. The second-order valence-corrected chi connectivity index (χ2v) is 4.39. The van der Waals surface area contributed by atoms with E-state index in [1.54, 1.807) is 0 Å². The topological polar surface area (TPSA) is 144 Å². The van der Waals surface area contributed by atoms with Crippen LogP contribution in [-0.2, 0) is 4.79 Å². The molecule has 0 saturated carbocycles. The summed E-state index contributed by atoms with van der Waals surface area (Å²) in [4.78, 5) is 28.2. The highest BCUT2D eigenvalue weighted by atomic mass is 16.6. The highest BCUT2D eigenvalue weighted by Crippen LogP contribution is 2.19. The average Bonchev–Trinajstić information content (AvgIpc) is 2.26. The summed E-state index contributed by atoms with van der Waals surface area (Å²) in [6, 6.07) is -0.874. The van der Waals surface area contributed by atoms with Crippen LogP contribution in [0.3, 0.4) is 0 Å². The van der Waals surface area contributed by atoms with Crippen LogP contribution >= 0.6 is 0 Å². The van der Waals surface area contributed by atoms with Gasteiger partial charge in [0.25, 0.3) is 0 Å². The van der Waals surface area contributed by atoms with Gasteiger partial charge in [-0.15, -0.1) is 0 Å². The number of nitrogen functional groups attached to an aromatic ring is 1. The van der Waals surface area contributed by atoms with Gasteiger partial charge in [-0.05, 0) is 12.3 Å². The fraction of sp³-hybridized carbons (Fsp3) is 0.500. The number of carbonyl (C=O) groups is 1. The fourth-order valence-corrected chi connectivity index (χ4v) is 1.45. The van der Waals surface area contributed by atoms with Crippen molar-refractivity contribution in [1.29, 1.82) is 0 Å². The Morgan fingerprint density at radius 3 is 2.68 bits per heavy atom. The van der Waals surface area contributed by atoms with Gasteiger partial charge >= 0.3 is 11.7 Å². The summed E-state index contributed by atoms with van der Waals surface area (Å²) < 4.78 is 0. The molecule has 1 rings (SSSR count). The number of nitrogens with one attached hydrogen (secondary N) is 1. The van der Waals surface area contributed by atoms with Crippen molar-refractivity contribution in [2.45, 2.75) is 26.3 Å². The van der Waals surface area contributed by atoms with E-state index in [0.29, 0.717) is 6.42 Å². The first kappa shape index (κ1) is 14.6. The smallest absolute Gasteiger partial charge is 0.329 e. The second kappa shape index (κ2) is 5.94. The molecule has 4 N–H and O–H groups in total. The third-order valence-corrected chi connectivity index (χ3v) is 2.30. The summed E-state index contributed by atoms with van der Waals surface area (Å²) in [5.74, 6) is -1.24. The quantitative estimate of drug-likeness (QED) is 0.509. The number of hydrogen-bond donors (Lipinski definition) is 3. The van der Waals surface area contributed by atoms with Gasteiger partial charge in [0.1, 0.15) is 12.2 Å². The molecule has 9 heteroatoms. The van der Waals surface area contributed by atoms with Crippen LogP contribution in [0.25, 0.3) is 0 Å².